The number of halogens is 3. The lowest BCUT2D eigenvalue weighted by Crippen LogP contribution is -2.24. The molecule has 13 heteroatoms. The first-order valence-corrected chi connectivity index (χ1v) is 12.0. The van der Waals surface area contributed by atoms with E-state index in [4.69, 9.17) is 0 Å². The van der Waals surface area contributed by atoms with Gasteiger partial charge in [-0.05, 0) is 31.2 Å². The fourth-order valence-corrected chi connectivity index (χ4v) is 4.82. The maximum Gasteiger partial charge on any atom is 0.451 e. The molecule has 1 N–H and O–H groups in total. The van der Waals surface area contributed by atoms with Crippen LogP contribution >= 0.6 is 23.1 Å². The summed E-state index contributed by atoms with van der Waals surface area (Å²) in [5, 5.41) is 0.338. The molecule has 0 spiro atoms. The van der Waals surface area contributed by atoms with E-state index < -0.39 is 22.0 Å². The summed E-state index contributed by atoms with van der Waals surface area (Å²) < 4.78 is 64.6. The average molecular weight is 477 g/mol. The molecule has 0 aliphatic carbocycles. The highest BCUT2D eigenvalue weighted by atomic mass is 32.2. The van der Waals surface area contributed by atoms with Gasteiger partial charge in [-0.3, -0.25) is 4.79 Å². The van der Waals surface area contributed by atoms with Gasteiger partial charge in [0.05, 0.1) is 21.8 Å². The van der Waals surface area contributed by atoms with E-state index in [1.54, 1.807) is 24.3 Å². The van der Waals surface area contributed by atoms with Crippen LogP contribution in [0.3, 0.4) is 0 Å². The Balaban J connectivity index is 1.74. The van der Waals surface area contributed by atoms with E-state index in [-0.39, 0.29) is 34.5 Å². The van der Waals surface area contributed by atoms with Gasteiger partial charge in [-0.1, -0.05) is 11.8 Å². The summed E-state index contributed by atoms with van der Waals surface area (Å²) in [7, 11) is -3.36. The molecule has 0 radical (unpaired) electrons. The number of ketones is 1. The highest BCUT2D eigenvalue weighted by Gasteiger charge is 2.35. The number of carbonyl (C=O) groups excluding carboxylic acids is 1. The van der Waals surface area contributed by atoms with Crippen molar-refractivity contribution in [3.63, 3.8) is 0 Å². The van der Waals surface area contributed by atoms with E-state index in [9.17, 15) is 26.4 Å². The molecule has 0 amide bonds. The number of nitrogens with zero attached hydrogens (tertiary/aromatic N) is 3. The molecule has 0 unspecified atom stereocenters. The molecule has 3 aromatic heterocycles. The van der Waals surface area contributed by atoms with Gasteiger partial charge in [-0.15, -0.1) is 11.3 Å². The minimum absolute atomic E-state index is 0.0151. The molecule has 0 aliphatic heterocycles. The van der Waals surface area contributed by atoms with Gasteiger partial charge in [0.15, 0.2) is 11.4 Å². The molecule has 3 rings (SSSR count). The molecule has 0 fully saturated rings. The van der Waals surface area contributed by atoms with Crippen molar-refractivity contribution in [2.24, 2.45) is 0 Å². The zero-order chi connectivity index (χ0) is 21.9. The van der Waals surface area contributed by atoms with Gasteiger partial charge in [0.1, 0.15) is 5.03 Å². The highest BCUT2D eigenvalue weighted by Crippen LogP contribution is 2.32. The number of nitrogens with one attached hydrogen (secondary N) is 1. The number of pyridine rings is 1. The van der Waals surface area contributed by atoms with E-state index in [1.807, 2.05) is 0 Å². The summed E-state index contributed by atoms with van der Waals surface area (Å²) >= 11 is 1.99. The molecule has 3 aromatic rings. The molecule has 3 heterocycles. The number of fused-ring (bicyclic) bond motifs is 1. The zero-order valence-electron chi connectivity index (χ0n) is 15.4. The molecular formula is C17H15F3N4O3S3. The van der Waals surface area contributed by atoms with Gasteiger partial charge in [-0.25, -0.2) is 28.1 Å². The predicted molar refractivity (Wildman–Crippen MR) is 108 cm³/mol. The molecule has 7 nitrogen and oxygen atoms in total. The maximum atomic E-state index is 13.1. The van der Waals surface area contributed by atoms with Crippen molar-refractivity contribution in [2.75, 3.05) is 11.5 Å². The van der Waals surface area contributed by atoms with E-state index >= 15 is 0 Å². The number of hydrogen-bond acceptors (Lipinski definition) is 8. The second-order valence-electron chi connectivity index (χ2n) is 5.93. The number of rotatable bonds is 8. The predicted octanol–water partition coefficient (Wildman–Crippen LogP) is 3.52. The van der Waals surface area contributed by atoms with Crippen LogP contribution in [0.25, 0.3) is 11.0 Å². The Morgan fingerprint density at radius 2 is 2.00 bits per heavy atom. The van der Waals surface area contributed by atoms with Crippen LogP contribution in [0.5, 0.6) is 0 Å². The first kappa shape index (κ1) is 22.6. The Kier molecular flexibility index (Phi) is 6.75. The molecule has 0 atom stereocenters. The smallest absolute Gasteiger partial charge is 0.292 e. The Morgan fingerprint density at radius 1 is 1.23 bits per heavy atom. The minimum Gasteiger partial charge on any atom is -0.292 e. The number of carbonyl (C=O) groups is 1. The lowest BCUT2D eigenvalue weighted by molar-refractivity contribution is -0.145. The van der Waals surface area contributed by atoms with E-state index in [0.29, 0.717) is 15.1 Å². The first-order valence-electron chi connectivity index (χ1n) is 8.51. The summed E-state index contributed by atoms with van der Waals surface area (Å²) in [5.41, 5.74) is -0.101. The summed E-state index contributed by atoms with van der Waals surface area (Å²) in [6, 6.07) is 6.28. The topological polar surface area (TPSA) is 102 Å². The highest BCUT2D eigenvalue weighted by molar-refractivity contribution is 8.00. The van der Waals surface area contributed by atoms with Gasteiger partial charge in [0.25, 0.3) is 0 Å². The summed E-state index contributed by atoms with van der Waals surface area (Å²) in [5.74, 6) is -1.81. The molecule has 30 heavy (non-hydrogen) atoms. The van der Waals surface area contributed by atoms with Crippen LogP contribution in [0.1, 0.15) is 27.3 Å². The normalized spacial score (nSPS) is 12.4. The Bertz CT molecular complexity index is 1180. The number of thiophene rings is 1. The summed E-state index contributed by atoms with van der Waals surface area (Å²) in [6.45, 7) is 1.58. The zero-order valence-corrected chi connectivity index (χ0v) is 17.9. The molecule has 160 valence electrons. The van der Waals surface area contributed by atoms with Gasteiger partial charge < -0.3 is 0 Å². The quantitative estimate of drug-likeness (QED) is 0.302. The van der Waals surface area contributed by atoms with Crippen molar-refractivity contribution in [1.29, 1.82) is 0 Å². The third-order valence-corrected chi connectivity index (χ3v) is 7.27. The van der Waals surface area contributed by atoms with Crippen molar-refractivity contribution < 1.29 is 26.4 Å². The molecule has 0 aromatic carbocycles. The average Bonchev–Trinajstić information content (AvgIpc) is 3.19. The van der Waals surface area contributed by atoms with Gasteiger partial charge in [-0.2, -0.15) is 13.2 Å². The largest absolute Gasteiger partial charge is 0.451 e. The van der Waals surface area contributed by atoms with Crippen LogP contribution in [0.4, 0.5) is 13.2 Å². The van der Waals surface area contributed by atoms with Gasteiger partial charge in [0, 0.05) is 17.6 Å². The Hall–Kier alpha value is -2.09. The van der Waals surface area contributed by atoms with Gasteiger partial charge in [0.2, 0.25) is 15.8 Å². The van der Waals surface area contributed by atoms with Crippen LogP contribution in [-0.4, -0.2) is 40.7 Å². The fourth-order valence-electron chi connectivity index (χ4n) is 2.28. The van der Waals surface area contributed by atoms with E-state index in [0.717, 1.165) is 23.1 Å². The number of aromatic nitrogens is 3. The lowest BCUT2D eigenvalue weighted by Gasteiger charge is -2.09. The van der Waals surface area contributed by atoms with Crippen molar-refractivity contribution >= 4 is 49.9 Å². The molecule has 0 aliphatic rings. The molecule has 0 saturated carbocycles. The van der Waals surface area contributed by atoms with Gasteiger partial charge >= 0.3 is 6.18 Å². The molecule has 0 bridgehead atoms. The Morgan fingerprint density at radius 3 is 2.70 bits per heavy atom. The number of sulfonamides is 1. The maximum absolute atomic E-state index is 13.1. The minimum atomic E-state index is -4.74. The first-order chi connectivity index (χ1) is 14.1. The second kappa shape index (κ2) is 8.96. The van der Waals surface area contributed by atoms with Crippen molar-refractivity contribution in [2.45, 2.75) is 24.7 Å². The number of Topliss-reactive ketones (excluding diaryl/α,β-unsaturated/α-hetero) is 1. The second-order valence-corrected chi connectivity index (χ2v) is 10.2. The standard InChI is InChI=1S/C17H15F3N4O3S3/c1-2-30(26,27)22-8-10-5-6-13(29-10)12(25)9-28-15-11-4-3-7-21-14(11)23-16(24-15)17(18,19)20/h3-7,22H,2,8-9H2,1H3. The van der Waals surface area contributed by atoms with Crippen molar-refractivity contribution in [1.82, 2.24) is 19.7 Å². The summed E-state index contributed by atoms with van der Waals surface area (Å²) in [6.07, 6.45) is -3.41. The SMILES string of the molecule is CCS(=O)(=O)NCc1ccc(C(=O)CSc2nc(C(F)(F)F)nc3ncccc23)s1. The fraction of sp³-hybridized carbons (Fsp3) is 0.294. The van der Waals surface area contributed by atoms with Crippen LogP contribution in [-0.2, 0) is 22.7 Å². The summed E-state index contributed by atoms with van der Waals surface area (Å²) in [4.78, 5) is 24.4. The number of hydrogen-bond donors (Lipinski definition) is 1. The Labute approximate surface area is 178 Å². The molecular weight excluding hydrogens is 461 g/mol. The van der Waals surface area contributed by atoms with Crippen molar-refractivity contribution in [3.8, 4) is 0 Å². The third kappa shape index (κ3) is 5.53. The van der Waals surface area contributed by atoms with Crippen LogP contribution in [0, 0.1) is 0 Å². The number of alkyl halides is 3. The van der Waals surface area contributed by atoms with Crippen LogP contribution in [0.15, 0.2) is 35.5 Å². The van der Waals surface area contributed by atoms with Crippen LogP contribution in [0.2, 0.25) is 0 Å². The van der Waals surface area contributed by atoms with E-state index in [1.165, 1.54) is 13.1 Å². The number of thioether (sulfide) groups is 1. The van der Waals surface area contributed by atoms with E-state index in [2.05, 4.69) is 19.7 Å². The molecule has 0 saturated heterocycles. The lowest BCUT2D eigenvalue weighted by atomic mass is 10.3. The monoisotopic (exact) mass is 476 g/mol. The van der Waals surface area contributed by atoms with Crippen molar-refractivity contribution in [3.05, 3.63) is 46.0 Å². The van der Waals surface area contributed by atoms with Crippen LogP contribution < -0.4 is 4.72 Å². The third-order valence-electron chi connectivity index (χ3n) is 3.81.